The summed E-state index contributed by atoms with van der Waals surface area (Å²) in [6, 6.07) is 4.36. The van der Waals surface area contributed by atoms with Gasteiger partial charge >= 0.3 is 0 Å². The topological polar surface area (TPSA) is 37.4 Å². The molecule has 1 aromatic heterocycles. The van der Waals surface area contributed by atoms with Crippen molar-refractivity contribution in [2.45, 2.75) is 39.3 Å². The van der Waals surface area contributed by atoms with Gasteiger partial charge in [-0.15, -0.1) is 0 Å². The zero-order valence-corrected chi connectivity index (χ0v) is 13.1. The smallest absolute Gasteiger partial charge is 0.213 e. The Morgan fingerprint density at radius 3 is 2.75 bits per heavy atom. The quantitative estimate of drug-likeness (QED) is 0.760. The van der Waals surface area contributed by atoms with Crippen molar-refractivity contribution in [2.24, 2.45) is 0 Å². The Hall–Kier alpha value is -0.840. The van der Waals surface area contributed by atoms with Crippen molar-refractivity contribution >= 4 is 11.6 Å². The first-order chi connectivity index (χ1) is 9.72. The molecule has 0 radical (unpaired) electrons. The molecule has 1 aliphatic rings. The molecule has 4 nitrogen and oxygen atoms in total. The third kappa shape index (κ3) is 4.93. The highest BCUT2D eigenvalue weighted by Gasteiger charge is 2.20. The zero-order chi connectivity index (χ0) is 14.4. The summed E-state index contributed by atoms with van der Waals surface area (Å²) in [6.07, 6.45) is 2.52. The first-order valence-electron chi connectivity index (χ1n) is 7.46. The van der Waals surface area contributed by atoms with Crippen LogP contribution in [0.3, 0.4) is 0 Å². The highest BCUT2D eigenvalue weighted by molar-refractivity contribution is 6.31. The molecule has 0 saturated heterocycles. The van der Waals surface area contributed by atoms with Crippen molar-refractivity contribution in [3.05, 3.63) is 22.8 Å². The Morgan fingerprint density at radius 2 is 2.10 bits per heavy atom. The molecule has 1 saturated carbocycles. The maximum atomic E-state index is 6.16. The Kier molecular flexibility index (Phi) is 6.07. The molecule has 0 spiro atoms. The van der Waals surface area contributed by atoms with Crippen molar-refractivity contribution in [1.82, 2.24) is 15.2 Å². The summed E-state index contributed by atoms with van der Waals surface area (Å²) in [5.74, 6) is 0.661. The third-order valence-corrected chi connectivity index (χ3v) is 3.92. The van der Waals surface area contributed by atoms with Crippen LogP contribution in [0.1, 0.15) is 32.4 Å². The van der Waals surface area contributed by atoms with Crippen LogP contribution >= 0.6 is 11.6 Å². The molecular weight excluding hydrogens is 274 g/mol. The monoisotopic (exact) mass is 297 g/mol. The molecular formula is C15H24ClN3O. The highest BCUT2D eigenvalue weighted by atomic mass is 35.5. The number of halogens is 1. The summed E-state index contributed by atoms with van der Waals surface area (Å²) in [4.78, 5) is 6.81. The highest BCUT2D eigenvalue weighted by Crippen LogP contribution is 2.22. The van der Waals surface area contributed by atoms with Gasteiger partial charge in [-0.25, -0.2) is 4.98 Å². The number of pyridine rings is 1. The lowest BCUT2D eigenvalue weighted by atomic mass is 10.3. The lowest BCUT2D eigenvalue weighted by molar-refractivity contribution is 0.217. The fourth-order valence-electron chi connectivity index (χ4n) is 2.02. The van der Waals surface area contributed by atoms with Gasteiger partial charge in [0, 0.05) is 25.2 Å². The van der Waals surface area contributed by atoms with E-state index in [9.17, 15) is 0 Å². The number of ether oxygens (including phenoxy) is 1. The number of hydrogen-bond acceptors (Lipinski definition) is 4. The fraction of sp³-hybridized carbons (Fsp3) is 0.667. The molecule has 20 heavy (non-hydrogen) atoms. The lowest BCUT2D eigenvalue weighted by Crippen LogP contribution is -2.28. The summed E-state index contributed by atoms with van der Waals surface area (Å²) in [6.45, 7) is 8.71. The van der Waals surface area contributed by atoms with E-state index < -0.39 is 0 Å². The number of aromatic nitrogens is 1. The second-order valence-electron chi connectivity index (χ2n) is 5.11. The second-order valence-corrected chi connectivity index (χ2v) is 5.52. The first kappa shape index (κ1) is 15.5. The molecule has 1 aliphatic carbocycles. The normalized spacial score (nSPS) is 14.8. The molecule has 0 atom stereocenters. The van der Waals surface area contributed by atoms with Crippen molar-refractivity contribution in [3.63, 3.8) is 0 Å². The minimum atomic E-state index is 0.653. The molecule has 1 N–H and O–H groups in total. The molecule has 1 heterocycles. The van der Waals surface area contributed by atoms with E-state index in [1.807, 2.05) is 12.1 Å². The average molecular weight is 298 g/mol. The van der Waals surface area contributed by atoms with Gasteiger partial charge in [0.1, 0.15) is 6.61 Å². The van der Waals surface area contributed by atoms with E-state index in [2.05, 4.69) is 29.0 Å². The maximum absolute atomic E-state index is 6.16. The van der Waals surface area contributed by atoms with Crippen LogP contribution in [0, 0.1) is 0 Å². The van der Waals surface area contributed by atoms with E-state index in [1.165, 1.54) is 12.8 Å². The first-order valence-corrected chi connectivity index (χ1v) is 7.84. The van der Waals surface area contributed by atoms with Gasteiger partial charge in [-0.2, -0.15) is 0 Å². The summed E-state index contributed by atoms with van der Waals surface area (Å²) in [7, 11) is 0. The van der Waals surface area contributed by atoms with E-state index in [0.29, 0.717) is 23.6 Å². The molecule has 0 unspecified atom stereocenters. The average Bonchev–Trinajstić information content (AvgIpc) is 3.28. The standard InChI is InChI=1S/C15H24ClN3O/c1-3-19(4-2)9-10-20-15-8-7-13(16)14(18-15)11-17-12-5-6-12/h7-8,12,17H,3-6,9-11H2,1-2H3. The van der Waals surface area contributed by atoms with E-state index in [4.69, 9.17) is 16.3 Å². The van der Waals surface area contributed by atoms with Gasteiger partial charge in [0.15, 0.2) is 0 Å². The van der Waals surface area contributed by atoms with Crippen LogP contribution in [-0.2, 0) is 6.54 Å². The zero-order valence-electron chi connectivity index (χ0n) is 12.4. The van der Waals surface area contributed by atoms with Crippen molar-refractivity contribution < 1.29 is 4.74 Å². The van der Waals surface area contributed by atoms with Gasteiger partial charge in [0.2, 0.25) is 5.88 Å². The van der Waals surface area contributed by atoms with Gasteiger partial charge in [-0.05, 0) is 32.0 Å². The molecule has 1 fully saturated rings. The number of nitrogens with one attached hydrogen (secondary N) is 1. The van der Waals surface area contributed by atoms with Crippen LogP contribution in [0.5, 0.6) is 5.88 Å². The van der Waals surface area contributed by atoms with Crippen LogP contribution in [0.4, 0.5) is 0 Å². The van der Waals surface area contributed by atoms with Gasteiger partial charge < -0.3 is 15.0 Å². The van der Waals surface area contributed by atoms with Gasteiger partial charge in [-0.3, -0.25) is 0 Å². The minimum Gasteiger partial charge on any atom is -0.476 e. The number of likely N-dealkylation sites (N-methyl/N-ethyl adjacent to an activating group) is 1. The van der Waals surface area contributed by atoms with Gasteiger partial charge in [-0.1, -0.05) is 25.4 Å². The van der Waals surface area contributed by atoms with E-state index >= 15 is 0 Å². The number of hydrogen-bond donors (Lipinski definition) is 1. The van der Waals surface area contributed by atoms with Crippen molar-refractivity contribution in [1.29, 1.82) is 0 Å². The predicted molar refractivity (Wildman–Crippen MR) is 82.4 cm³/mol. The Bertz CT molecular complexity index is 420. The molecule has 0 amide bonds. The molecule has 0 bridgehead atoms. The SMILES string of the molecule is CCN(CC)CCOc1ccc(Cl)c(CNC2CC2)n1. The second kappa shape index (κ2) is 7.81. The van der Waals surface area contributed by atoms with Gasteiger partial charge in [0.25, 0.3) is 0 Å². The summed E-state index contributed by atoms with van der Waals surface area (Å²) in [5.41, 5.74) is 0.874. The summed E-state index contributed by atoms with van der Waals surface area (Å²) in [5, 5.41) is 4.13. The number of rotatable bonds is 9. The predicted octanol–water partition coefficient (Wildman–Crippen LogP) is 2.71. The third-order valence-electron chi connectivity index (χ3n) is 3.58. The Labute approximate surface area is 126 Å². The van der Waals surface area contributed by atoms with E-state index in [0.717, 1.165) is 31.9 Å². The molecule has 0 aromatic carbocycles. The molecule has 0 aliphatic heterocycles. The lowest BCUT2D eigenvalue weighted by Gasteiger charge is -2.18. The number of nitrogens with zero attached hydrogens (tertiary/aromatic N) is 2. The molecule has 1 aromatic rings. The van der Waals surface area contributed by atoms with E-state index in [-0.39, 0.29) is 0 Å². The van der Waals surface area contributed by atoms with Crippen LogP contribution in [0.15, 0.2) is 12.1 Å². The molecule has 112 valence electrons. The minimum absolute atomic E-state index is 0.653. The Morgan fingerprint density at radius 1 is 1.35 bits per heavy atom. The van der Waals surface area contributed by atoms with E-state index in [1.54, 1.807) is 0 Å². The van der Waals surface area contributed by atoms with Crippen LogP contribution in [0.25, 0.3) is 0 Å². The fourth-order valence-corrected chi connectivity index (χ4v) is 2.19. The maximum Gasteiger partial charge on any atom is 0.213 e. The molecule has 2 rings (SSSR count). The summed E-state index contributed by atoms with van der Waals surface area (Å²) >= 11 is 6.16. The van der Waals surface area contributed by atoms with Crippen LogP contribution in [-0.4, -0.2) is 42.2 Å². The van der Waals surface area contributed by atoms with Crippen LogP contribution in [0.2, 0.25) is 5.02 Å². The largest absolute Gasteiger partial charge is 0.476 e. The Balaban J connectivity index is 1.82. The molecule has 5 heteroatoms. The summed E-state index contributed by atoms with van der Waals surface area (Å²) < 4.78 is 5.72. The van der Waals surface area contributed by atoms with Crippen LogP contribution < -0.4 is 10.1 Å². The van der Waals surface area contributed by atoms with Crippen molar-refractivity contribution in [3.8, 4) is 5.88 Å². The van der Waals surface area contributed by atoms with Crippen molar-refractivity contribution in [2.75, 3.05) is 26.2 Å². The van der Waals surface area contributed by atoms with Gasteiger partial charge in [0.05, 0.1) is 10.7 Å².